The van der Waals surface area contributed by atoms with Crippen LogP contribution in [0.3, 0.4) is 0 Å². The van der Waals surface area contributed by atoms with E-state index >= 15 is 0 Å². The lowest BCUT2D eigenvalue weighted by atomic mass is 10.1. The van der Waals surface area contributed by atoms with Crippen LogP contribution in [-0.4, -0.2) is 0 Å². The Labute approximate surface area is 106 Å². The fraction of sp³-hybridized carbons (Fsp3) is 0.235. The second-order valence-electron chi connectivity index (χ2n) is 3.33. The van der Waals surface area contributed by atoms with Gasteiger partial charge in [0.15, 0.2) is 0 Å². The molecule has 1 atom stereocenters. The van der Waals surface area contributed by atoms with Gasteiger partial charge in [0, 0.05) is 12.3 Å². The van der Waals surface area contributed by atoms with Crippen molar-refractivity contribution in [3.63, 3.8) is 0 Å². The highest BCUT2D eigenvalue weighted by molar-refractivity contribution is 5.22. The Balaban J connectivity index is 4.54. The molecule has 0 nitrogen and oxygen atoms in total. The minimum absolute atomic E-state index is 0.272. The lowest BCUT2D eigenvalue weighted by Gasteiger charge is -1.97. The molecule has 0 aliphatic rings. The van der Waals surface area contributed by atoms with Crippen LogP contribution in [0, 0.1) is 24.7 Å². The van der Waals surface area contributed by atoms with Crippen LogP contribution in [0.4, 0.5) is 0 Å². The molecule has 0 aromatic rings. The van der Waals surface area contributed by atoms with Crippen molar-refractivity contribution in [1.29, 1.82) is 0 Å². The maximum absolute atomic E-state index is 3.64. The van der Waals surface area contributed by atoms with E-state index in [4.69, 9.17) is 0 Å². The summed E-state index contributed by atoms with van der Waals surface area (Å²) in [5, 5.41) is 0. The predicted molar refractivity (Wildman–Crippen MR) is 78.3 cm³/mol. The van der Waals surface area contributed by atoms with Crippen molar-refractivity contribution in [2.45, 2.75) is 20.3 Å². The Bertz CT molecular complexity index is 343. The molecule has 0 aromatic heterocycles. The highest BCUT2D eigenvalue weighted by atomic mass is 14.0. The van der Waals surface area contributed by atoms with Crippen molar-refractivity contribution in [3.8, 4) is 11.8 Å². The first-order chi connectivity index (χ1) is 8.35. The fourth-order valence-corrected chi connectivity index (χ4v) is 1.09. The van der Waals surface area contributed by atoms with Gasteiger partial charge >= 0.3 is 0 Å². The van der Waals surface area contributed by atoms with Crippen LogP contribution in [-0.2, 0) is 0 Å². The fourth-order valence-electron chi connectivity index (χ4n) is 1.09. The number of rotatable bonds is 5. The molecule has 0 aromatic carbocycles. The number of hydrogen-bond acceptors (Lipinski definition) is 0. The van der Waals surface area contributed by atoms with E-state index in [-0.39, 0.29) is 5.92 Å². The summed E-state index contributed by atoms with van der Waals surface area (Å²) in [4.78, 5) is 0. The maximum Gasteiger partial charge on any atom is 0.0142 e. The minimum atomic E-state index is 0.272. The highest BCUT2D eigenvalue weighted by Crippen LogP contribution is 2.04. The van der Waals surface area contributed by atoms with Crippen LogP contribution in [0.15, 0.2) is 60.8 Å². The van der Waals surface area contributed by atoms with Gasteiger partial charge in [0.1, 0.15) is 0 Å². The Morgan fingerprint density at radius 3 is 2.35 bits per heavy atom. The number of allylic oxidation sites excluding steroid dienone is 10. The number of hydrogen-bond donors (Lipinski definition) is 0. The second kappa shape index (κ2) is 12.3. The Kier molecular flexibility index (Phi) is 11.1. The van der Waals surface area contributed by atoms with E-state index in [1.807, 2.05) is 50.3 Å². The van der Waals surface area contributed by atoms with Gasteiger partial charge in [-0.1, -0.05) is 73.4 Å². The summed E-state index contributed by atoms with van der Waals surface area (Å²) in [5.41, 5.74) is 0. The summed E-state index contributed by atoms with van der Waals surface area (Å²) < 4.78 is 0. The molecule has 0 saturated carbocycles. The molecule has 17 heavy (non-hydrogen) atoms. The van der Waals surface area contributed by atoms with Crippen molar-refractivity contribution < 1.29 is 0 Å². The molecule has 0 spiro atoms. The predicted octanol–water partition coefficient (Wildman–Crippen LogP) is 4.65. The lowest BCUT2D eigenvalue weighted by molar-refractivity contribution is 1.07. The van der Waals surface area contributed by atoms with Gasteiger partial charge in [-0.2, -0.15) is 0 Å². The van der Waals surface area contributed by atoms with Gasteiger partial charge < -0.3 is 0 Å². The van der Waals surface area contributed by atoms with E-state index in [0.717, 1.165) is 6.42 Å². The molecular formula is C17H21. The van der Waals surface area contributed by atoms with Crippen molar-refractivity contribution in [1.82, 2.24) is 0 Å². The SMILES string of the molecule is [CH2]/C=C/C=C/C(/C=C/C#CCC)/C=C/C=C/C. The molecule has 0 bridgehead atoms. The van der Waals surface area contributed by atoms with Crippen LogP contribution in [0.2, 0.25) is 0 Å². The molecule has 0 aliphatic carbocycles. The third-order valence-electron chi connectivity index (χ3n) is 1.90. The zero-order chi connectivity index (χ0) is 12.8. The highest BCUT2D eigenvalue weighted by Gasteiger charge is 1.90. The molecular weight excluding hydrogens is 204 g/mol. The largest absolute Gasteiger partial charge is 0.0988 e. The second-order valence-corrected chi connectivity index (χ2v) is 3.33. The maximum atomic E-state index is 3.64. The topological polar surface area (TPSA) is 0 Å². The molecule has 0 N–H and O–H groups in total. The zero-order valence-electron chi connectivity index (χ0n) is 10.8. The molecule has 0 saturated heterocycles. The van der Waals surface area contributed by atoms with Crippen LogP contribution >= 0.6 is 0 Å². The first kappa shape index (κ1) is 15.3. The molecule has 0 heterocycles. The van der Waals surface area contributed by atoms with Crippen LogP contribution in [0.1, 0.15) is 20.3 Å². The van der Waals surface area contributed by atoms with Crippen molar-refractivity contribution in [3.05, 3.63) is 67.7 Å². The Morgan fingerprint density at radius 2 is 1.76 bits per heavy atom. The van der Waals surface area contributed by atoms with Gasteiger partial charge in [0.2, 0.25) is 0 Å². The Morgan fingerprint density at radius 1 is 1.06 bits per heavy atom. The van der Waals surface area contributed by atoms with Crippen molar-refractivity contribution in [2.24, 2.45) is 5.92 Å². The van der Waals surface area contributed by atoms with E-state index in [1.54, 1.807) is 6.08 Å². The molecule has 0 amide bonds. The van der Waals surface area contributed by atoms with Gasteiger partial charge in [-0.25, -0.2) is 0 Å². The monoisotopic (exact) mass is 225 g/mol. The van der Waals surface area contributed by atoms with Crippen molar-refractivity contribution in [2.75, 3.05) is 0 Å². The lowest BCUT2D eigenvalue weighted by Crippen LogP contribution is -1.84. The van der Waals surface area contributed by atoms with Gasteiger partial charge in [-0.15, -0.1) is 0 Å². The first-order valence-electron chi connectivity index (χ1n) is 5.92. The average Bonchev–Trinajstić information content (AvgIpc) is 2.34. The zero-order valence-corrected chi connectivity index (χ0v) is 10.8. The van der Waals surface area contributed by atoms with Gasteiger partial charge in [0.25, 0.3) is 0 Å². The van der Waals surface area contributed by atoms with Gasteiger partial charge in [-0.05, 0) is 19.9 Å². The smallest absolute Gasteiger partial charge is 0.0142 e. The van der Waals surface area contributed by atoms with E-state index < -0.39 is 0 Å². The third-order valence-corrected chi connectivity index (χ3v) is 1.90. The molecule has 89 valence electrons. The summed E-state index contributed by atoms with van der Waals surface area (Å²) in [7, 11) is 0. The van der Waals surface area contributed by atoms with Crippen molar-refractivity contribution >= 4 is 0 Å². The molecule has 0 fully saturated rings. The molecule has 1 unspecified atom stereocenters. The molecule has 0 heteroatoms. The van der Waals surface area contributed by atoms with Gasteiger partial charge in [0.05, 0.1) is 0 Å². The summed E-state index contributed by atoms with van der Waals surface area (Å²) in [6.45, 7) is 7.69. The molecule has 0 rings (SSSR count). The van der Waals surface area contributed by atoms with E-state index in [9.17, 15) is 0 Å². The first-order valence-corrected chi connectivity index (χ1v) is 5.92. The average molecular weight is 225 g/mol. The minimum Gasteiger partial charge on any atom is -0.0988 e. The van der Waals surface area contributed by atoms with Gasteiger partial charge in [-0.3, -0.25) is 0 Å². The van der Waals surface area contributed by atoms with Crippen LogP contribution < -0.4 is 0 Å². The van der Waals surface area contributed by atoms with E-state index in [0.29, 0.717) is 0 Å². The Hall–Kier alpha value is -1.74. The normalized spacial score (nSPS) is 12.7. The van der Waals surface area contributed by atoms with Crippen LogP contribution in [0.5, 0.6) is 0 Å². The molecule has 0 aliphatic heterocycles. The third kappa shape index (κ3) is 10.5. The van der Waals surface area contributed by atoms with Crippen LogP contribution in [0.25, 0.3) is 0 Å². The van der Waals surface area contributed by atoms with E-state index in [2.05, 4.69) is 37.0 Å². The standard InChI is InChI=1S/C17H21/c1-4-7-10-13-16-17(14-11-8-5-2)15-12-9-6-3/h5-6,8-9,11-17H,2,4H2,1,3H3/b8-5+,9-6+,14-11+,15-12+,16-13+. The van der Waals surface area contributed by atoms with E-state index in [1.165, 1.54) is 0 Å². The summed E-state index contributed by atoms with van der Waals surface area (Å²) >= 11 is 0. The summed E-state index contributed by atoms with van der Waals surface area (Å²) in [6, 6.07) is 0. The quantitative estimate of drug-likeness (QED) is 0.472. The summed E-state index contributed by atoms with van der Waals surface area (Å²) in [6.07, 6.45) is 20.9. The molecule has 1 radical (unpaired) electrons. The summed E-state index contributed by atoms with van der Waals surface area (Å²) in [5.74, 6) is 6.29.